The monoisotopic (exact) mass is 235 g/mol. The Morgan fingerprint density at radius 2 is 1.40 bits per heavy atom. The minimum absolute atomic E-state index is 0. The van der Waals surface area contributed by atoms with Crippen LogP contribution in [0, 0.1) is 5.41 Å². The highest BCUT2D eigenvalue weighted by Crippen LogP contribution is 2.01. The van der Waals surface area contributed by atoms with Crippen molar-refractivity contribution in [2.45, 2.75) is 39.5 Å². The van der Waals surface area contributed by atoms with E-state index in [4.69, 9.17) is 5.41 Å². The van der Waals surface area contributed by atoms with Gasteiger partial charge in [-0.3, -0.25) is 5.41 Å². The summed E-state index contributed by atoms with van der Waals surface area (Å²) in [7, 11) is 3.88. The summed E-state index contributed by atoms with van der Waals surface area (Å²) in [6, 6.07) is 0. The average Bonchev–Trinajstić information content (AvgIpc) is 2.17. The van der Waals surface area contributed by atoms with Gasteiger partial charge in [0.25, 0.3) is 0 Å². The zero-order chi connectivity index (χ0) is 11.0. The van der Waals surface area contributed by atoms with E-state index >= 15 is 0 Å². The standard InChI is InChI=1S/C11H25N3.ClH/c1-5-7-9-14(10-8-6-2)11(12)13(3)4;/h12H,5-10H2,1-4H3;1H. The van der Waals surface area contributed by atoms with Crippen molar-refractivity contribution in [1.29, 1.82) is 5.41 Å². The fraction of sp³-hybridized carbons (Fsp3) is 0.909. The molecule has 15 heavy (non-hydrogen) atoms. The summed E-state index contributed by atoms with van der Waals surface area (Å²) in [5, 5.41) is 7.91. The number of nitrogens with one attached hydrogen (secondary N) is 1. The van der Waals surface area contributed by atoms with Crippen molar-refractivity contribution < 1.29 is 0 Å². The number of unbranched alkanes of at least 4 members (excludes halogenated alkanes) is 2. The lowest BCUT2D eigenvalue weighted by atomic mass is 10.3. The highest BCUT2D eigenvalue weighted by Gasteiger charge is 2.09. The molecule has 0 fully saturated rings. The first-order valence-corrected chi connectivity index (χ1v) is 5.64. The molecule has 92 valence electrons. The van der Waals surface area contributed by atoms with Gasteiger partial charge in [0.2, 0.25) is 0 Å². The van der Waals surface area contributed by atoms with Crippen molar-refractivity contribution in [3.63, 3.8) is 0 Å². The summed E-state index contributed by atoms with van der Waals surface area (Å²) in [5.74, 6) is 0.645. The minimum Gasteiger partial charge on any atom is -0.349 e. The van der Waals surface area contributed by atoms with Crippen LogP contribution in [-0.2, 0) is 0 Å². The van der Waals surface area contributed by atoms with Crippen LogP contribution in [0.2, 0.25) is 0 Å². The van der Waals surface area contributed by atoms with Crippen LogP contribution >= 0.6 is 12.4 Å². The molecule has 0 aliphatic rings. The lowest BCUT2D eigenvalue weighted by Crippen LogP contribution is -2.40. The fourth-order valence-corrected chi connectivity index (χ4v) is 1.30. The Hall–Kier alpha value is -0.440. The third-order valence-corrected chi connectivity index (χ3v) is 2.29. The van der Waals surface area contributed by atoms with Crippen molar-refractivity contribution in [2.75, 3.05) is 27.2 Å². The summed E-state index contributed by atoms with van der Waals surface area (Å²) < 4.78 is 0. The van der Waals surface area contributed by atoms with Crippen molar-refractivity contribution in [3.8, 4) is 0 Å². The van der Waals surface area contributed by atoms with E-state index in [-0.39, 0.29) is 12.4 Å². The molecule has 0 heterocycles. The van der Waals surface area contributed by atoms with Gasteiger partial charge in [0.05, 0.1) is 0 Å². The number of halogens is 1. The number of rotatable bonds is 6. The van der Waals surface area contributed by atoms with E-state index in [9.17, 15) is 0 Å². The fourth-order valence-electron chi connectivity index (χ4n) is 1.30. The van der Waals surface area contributed by atoms with E-state index in [2.05, 4.69) is 18.7 Å². The molecule has 1 N–H and O–H groups in total. The topological polar surface area (TPSA) is 30.3 Å². The summed E-state index contributed by atoms with van der Waals surface area (Å²) in [6.45, 7) is 6.43. The molecule has 0 aromatic carbocycles. The van der Waals surface area contributed by atoms with E-state index < -0.39 is 0 Å². The Balaban J connectivity index is 0. The SMILES string of the molecule is CCCCN(CCCC)C(=N)N(C)C.Cl. The van der Waals surface area contributed by atoms with Gasteiger partial charge in [-0.05, 0) is 12.8 Å². The molecule has 0 aromatic heterocycles. The molecule has 3 nitrogen and oxygen atoms in total. The first-order chi connectivity index (χ1) is 6.63. The quantitative estimate of drug-likeness (QED) is 0.567. The summed E-state index contributed by atoms with van der Waals surface area (Å²) in [6.07, 6.45) is 4.76. The maximum atomic E-state index is 7.91. The highest BCUT2D eigenvalue weighted by atomic mass is 35.5. The van der Waals surface area contributed by atoms with E-state index in [1.165, 1.54) is 25.7 Å². The van der Waals surface area contributed by atoms with Gasteiger partial charge in [-0.1, -0.05) is 26.7 Å². The maximum Gasteiger partial charge on any atom is 0.193 e. The maximum absolute atomic E-state index is 7.91. The molecule has 0 saturated heterocycles. The Morgan fingerprint density at radius 3 is 1.67 bits per heavy atom. The van der Waals surface area contributed by atoms with Gasteiger partial charge >= 0.3 is 0 Å². The van der Waals surface area contributed by atoms with E-state index in [0.29, 0.717) is 5.96 Å². The molecule has 0 saturated carbocycles. The highest BCUT2D eigenvalue weighted by molar-refractivity contribution is 5.85. The summed E-state index contributed by atoms with van der Waals surface area (Å²) in [5.41, 5.74) is 0. The Morgan fingerprint density at radius 1 is 1.00 bits per heavy atom. The normalized spacial score (nSPS) is 9.33. The lowest BCUT2D eigenvalue weighted by molar-refractivity contribution is 0.349. The van der Waals surface area contributed by atoms with Gasteiger partial charge in [0.15, 0.2) is 5.96 Å². The van der Waals surface area contributed by atoms with Crippen LogP contribution < -0.4 is 0 Å². The smallest absolute Gasteiger partial charge is 0.193 e. The van der Waals surface area contributed by atoms with Crippen molar-refractivity contribution in [1.82, 2.24) is 9.80 Å². The Kier molecular flexibility index (Phi) is 11.4. The molecule has 0 aliphatic heterocycles. The van der Waals surface area contributed by atoms with Crippen LogP contribution in [-0.4, -0.2) is 42.9 Å². The van der Waals surface area contributed by atoms with Gasteiger partial charge < -0.3 is 9.80 Å². The van der Waals surface area contributed by atoms with Crippen LogP contribution in [0.25, 0.3) is 0 Å². The van der Waals surface area contributed by atoms with Gasteiger partial charge in [-0.15, -0.1) is 12.4 Å². The van der Waals surface area contributed by atoms with Crippen LogP contribution in [0.1, 0.15) is 39.5 Å². The van der Waals surface area contributed by atoms with E-state index in [0.717, 1.165) is 13.1 Å². The van der Waals surface area contributed by atoms with Gasteiger partial charge in [0.1, 0.15) is 0 Å². The number of nitrogens with zero attached hydrogens (tertiary/aromatic N) is 2. The van der Waals surface area contributed by atoms with Gasteiger partial charge in [-0.25, -0.2) is 0 Å². The minimum atomic E-state index is 0. The largest absolute Gasteiger partial charge is 0.349 e. The van der Waals surface area contributed by atoms with Gasteiger partial charge in [-0.2, -0.15) is 0 Å². The van der Waals surface area contributed by atoms with E-state index in [1.807, 2.05) is 19.0 Å². The molecule has 0 aliphatic carbocycles. The third kappa shape index (κ3) is 7.48. The first kappa shape index (κ1) is 17.0. The molecule has 0 spiro atoms. The summed E-state index contributed by atoms with van der Waals surface area (Å²) >= 11 is 0. The van der Waals surface area contributed by atoms with Gasteiger partial charge in [0, 0.05) is 27.2 Å². The lowest BCUT2D eigenvalue weighted by Gasteiger charge is -2.28. The molecule has 0 bridgehead atoms. The van der Waals surface area contributed by atoms with Crippen LogP contribution in [0.5, 0.6) is 0 Å². The molecule has 4 heteroatoms. The van der Waals surface area contributed by atoms with Crippen LogP contribution in [0.4, 0.5) is 0 Å². The predicted octanol–water partition coefficient (Wildman–Crippen LogP) is 2.81. The number of guanidine groups is 1. The molecule has 0 rings (SSSR count). The summed E-state index contributed by atoms with van der Waals surface area (Å²) in [4.78, 5) is 4.05. The zero-order valence-electron chi connectivity index (χ0n) is 10.5. The van der Waals surface area contributed by atoms with Crippen LogP contribution in [0.15, 0.2) is 0 Å². The second-order valence-electron chi connectivity index (χ2n) is 3.91. The average molecular weight is 236 g/mol. The van der Waals surface area contributed by atoms with Crippen molar-refractivity contribution in [3.05, 3.63) is 0 Å². The zero-order valence-corrected chi connectivity index (χ0v) is 11.4. The molecule has 0 aromatic rings. The third-order valence-electron chi connectivity index (χ3n) is 2.29. The second kappa shape index (κ2) is 10.1. The molecule has 0 amide bonds. The Bertz CT molecular complexity index is 152. The predicted molar refractivity (Wildman–Crippen MR) is 70.1 cm³/mol. The first-order valence-electron chi connectivity index (χ1n) is 5.64. The molecule has 0 unspecified atom stereocenters. The second-order valence-corrected chi connectivity index (χ2v) is 3.91. The molecular weight excluding hydrogens is 210 g/mol. The number of hydrogen-bond donors (Lipinski definition) is 1. The molecule has 0 atom stereocenters. The van der Waals surface area contributed by atoms with E-state index in [1.54, 1.807) is 0 Å². The number of hydrogen-bond acceptors (Lipinski definition) is 1. The van der Waals surface area contributed by atoms with Crippen molar-refractivity contribution in [2.24, 2.45) is 0 Å². The van der Waals surface area contributed by atoms with Crippen molar-refractivity contribution >= 4 is 18.4 Å². The van der Waals surface area contributed by atoms with Crippen LogP contribution in [0.3, 0.4) is 0 Å². The Labute approximate surface area is 101 Å². The molecular formula is C11H26ClN3. The molecule has 0 radical (unpaired) electrons.